The van der Waals surface area contributed by atoms with E-state index in [4.69, 9.17) is 15.2 Å². The van der Waals surface area contributed by atoms with Gasteiger partial charge in [0.05, 0.1) is 54.8 Å². The number of hydrogen-bond donors (Lipinski definition) is 3. The van der Waals surface area contributed by atoms with Gasteiger partial charge in [0.1, 0.15) is 6.04 Å². The summed E-state index contributed by atoms with van der Waals surface area (Å²) in [7, 11) is 8.63. The van der Waals surface area contributed by atoms with E-state index in [1.807, 2.05) is 119 Å². The lowest BCUT2D eigenvalue weighted by molar-refractivity contribution is -0.148. The van der Waals surface area contributed by atoms with Crippen molar-refractivity contribution < 1.29 is 28.7 Å². The maximum atomic E-state index is 14.4. The molecule has 4 amide bonds. The predicted molar refractivity (Wildman–Crippen MR) is 226 cm³/mol. The van der Waals surface area contributed by atoms with Gasteiger partial charge >= 0.3 is 0 Å². The summed E-state index contributed by atoms with van der Waals surface area (Å²) < 4.78 is 12.1. The maximum absolute atomic E-state index is 14.4. The summed E-state index contributed by atoms with van der Waals surface area (Å²) in [5, 5.41) is 6.28. The van der Waals surface area contributed by atoms with Crippen LogP contribution in [0.25, 0.3) is 0 Å². The van der Waals surface area contributed by atoms with Crippen molar-refractivity contribution in [3.63, 3.8) is 0 Å². The van der Waals surface area contributed by atoms with Crippen LogP contribution in [0.2, 0.25) is 0 Å². The van der Waals surface area contributed by atoms with Gasteiger partial charge in [0.2, 0.25) is 23.6 Å². The molecule has 12 heteroatoms. The molecule has 12 nitrogen and oxygen atoms in total. The van der Waals surface area contributed by atoms with Gasteiger partial charge in [-0.15, -0.1) is 0 Å². The Morgan fingerprint density at radius 2 is 1.40 bits per heavy atom. The molecule has 1 heterocycles. The van der Waals surface area contributed by atoms with Gasteiger partial charge in [-0.05, 0) is 55.8 Å². The fourth-order valence-corrected chi connectivity index (χ4v) is 8.60. The normalized spacial score (nSPS) is 19.3. The number of nitrogens with two attached hydrogens (primary N) is 1. The first-order valence-electron chi connectivity index (χ1n) is 20.7. The third kappa shape index (κ3) is 12.1. The van der Waals surface area contributed by atoms with E-state index in [1.165, 1.54) is 0 Å². The van der Waals surface area contributed by atoms with Crippen molar-refractivity contribution in [1.29, 1.82) is 0 Å². The van der Waals surface area contributed by atoms with Gasteiger partial charge in [0.25, 0.3) is 0 Å². The Bertz CT molecular complexity index is 1550. The van der Waals surface area contributed by atoms with Crippen LogP contribution in [-0.2, 0) is 28.7 Å². The van der Waals surface area contributed by atoms with E-state index in [0.29, 0.717) is 13.0 Å². The number of likely N-dealkylation sites (tertiary alicyclic amines) is 1. The van der Waals surface area contributed by atoms with Crippen LogP contribution in [0.1, 0.15) is 97.4 Å². The number of carbonyl (C=O) groups is 4. The molecule has 10 atom stereocenters. The van der Waals surface area contributed by atoms with Gasteiger partial charge in [-0.1, -0.05) is 116 Å². The number of benzene rings is 2. The molecule has 0 saturated carbocycles. The van der Waals surface area contributed by atoms with Gasteiger partial charge in [0.15, 0.2) is 0 Å². The van der Waals surface area contributed by atoms with Crippen LogP contribution in [0.4, 0.5) is 0 Å². The van der Waals surface area contributed by atoms with Crippen LogP contribution >= 0.6 is 0 Å². The van der Waals surface area contributed by atoms with Crippen LogP contribution in [0.3, 0.4) is 0 Å². The largest absolute Gasteiger partial charge is 0.379 e. The topological polar surface area (TPSA) is 147 Å². The van der Waals surface area contributed by atoms with Crippen molar-refractivity contribution in [2.24, 2.45) is 29.4 Å². The highest BCUT2D eigenvalue weighted by molar-refractivity contribution is 5.90. The third-order valence-corrected chi connectivity index (χ3v) is 11.9. The molecule has 1 aliphatic heterocycles. The molecule has 4 N–H and O–H groups in total. The van der Waals surface area contributed by atoms with Gasteiger partial charge in [-0.2, -0.15) is 0 Å². The van der Waals surface area contributed by atoms with E-state index in [9.17, 15) is 19.2 Å². The Balaban J connectivity index is 1.82. The molecular weight excluding hydrogens is 721 g/mol. The second kappa shape index (κ2) is 22.3. The number of methoxy groups -OCH3 is 2. The Labute approximate surface area is 342 Å². The Morgan fingerprint density at radius 3 is 1.89 bits per heavy atom. The first kappa shape index (κ1) is 47.5. The minimum atomic E-state index is -0.759. The number of hydrogen-bond acceptors (Lipinski definition) is 8. The molecule has 0 spiro atoms. The number of amides is 4. The number of likely N-dealkylation sites (N-methyl/N-ethyl adjacent to an activating group) is 2. The number of rotatable bonds is 21. The summed E-state index contributed by atoms with van der Waals surface area (Å²) in [6.45, 7) is 14.3. The highest BCUT2D eigenvalue weighted by Crippen LogP contribution is 2.32. The molecule has 0 radical (unpaired) electrons. The molecule has 1 aliphatic rings. The first-order valence-corrected chi connectivity index (χ1v) is 20.7. The lowest BCUT2D eigenvalue weighted by Crippen LogP contribution is -2.59. The van der Waals surface area contributed by atoms with Gasteiger partial charge in [0, 0.05) is 27.8 Å². The van der Waals surface area contributed by atoms with Gasteiger partial charge in [-0.3, -0.25) is 24.1 Å². The van der Waals surface area contributed by atoms with Gasteiger partial charge in [-0.25, -0.2) is 0 Å². The van der Waals surface area contributed by atoms with Crippen molar-refractivity contribution in [2.45, 2.75) is 123 Å². The molecule has 0 aliphatic carbocycles. The van der Waals surface area contributed by atoms with E-state index in [0.717, 1.165) is 24.0 Å². The van der Waals surface area contributed by atoms with Crippen molar-refractivity contribution >= 4 is 23.6 Å². The van der Waals surface area contributed by atoms with Crippen molar-refractivity contribution in [2.75, 3.05) is 41.9 Å². The van der Waals surface area contributed by atoms with E-state index < -0.39 is 48.3 Å². The third-order valence-electron chi connectivity index (χ3n) is 11.9. The van der Waals surface area contributed by atoms with Crippen LogP contribution in [0.15, 0.2) is 60.7 Å². The average molecular weight is 793 g/mol. The maximum Gasteiger partial charge on any atom is 0.245 e. The zero-order chi connectivity index (χ0) is 42.6. The molecule has 3 rings (SSSR count). The van der Waals surface area contributed by atoms with Gasteiger partial charge < -0.3 is 35.6 Å². The van der Waals surface area contributed by atoms with Crippen LogP contribution in [-0.4, -0.2) is 117 Å². The number of nitrogens with one attached hydrogen (secondary N) is 2. The monoisotopic (exact) mass is 793 g/mol. The highest BCUT2D eigenvalue weighted by atomic mass is 16.5. The molecule has 4 unspecified atom stereocenters. The molecule has 0 bridgehead atoms. The fraction of sp³-hybridized carbons (Fsp3) is 0.644. The van der Waals surface area contributed by atoms with E-state index in [-0.39, 0.29) is 53.8 Å². The summed E-state index contributed by atoms with van der Waals surface area (Å²) in [6, 6.07) is 16.5. The second-order valence-corrected chi connectivity index (χ2v) is 16.8. The summed E-state index contributed by atoms with van der Waals surface area (Å²) in [5.74, 6) is -1.51. The smallest absolute Gasteiger partial charge is 0.245 e. The summed E-state index contributed by atoms with van der Waals surface area (Å²) in [4.78, 5) is 61.6. The quantitative estimate of drug-likeness (QED) is 0.157. The van der Waals surface area contributed by atoms with E-state index in [2.05, 4.69) is 24.5 Å². The minimum Gasteiger partial charge on any atom is -0.379 e. The lowest BCUT2D eigenvalue weighted by Gasteiger charge is -2.41. The highest BCUT2D eigenvalue weighted by Gasteiger charge is 2.43. The standard InChI is InChI=1S/C45H72N6O6/c1-13-30(6)41(50(10)45(55)38(28(2)3)47-44(54)40(29(4)5)49(8)9)35(56-11)27-36(52)51-26-20-25-34(51)42(57-12)31(7)43(53)48-39(33-23-18-15-19-24-33)37(46)32-21-16-14-17-22-32/h14-19,21-24,28-31,34-35,37-42H,13,20,25-27,46H2,1-12H3,(H,47,54)(H,48,53)/t30?,31?,34-,35+,37?,38-,39-,40?,41-,42+/m0/s1. The van der Waals surface area contributed by atoms with Crippen molar-refractivity contribution in [3.8, 4) is 0 Å². The summed E-state index contributed by atoms with van der Waals surface area (Å²) in [5.41, 5.74) is 8.59. The number of carbonyl (C=O) groups excluding carboxylic acids is 4. The first-order chi connectivity index (χ1) is 27.0. The number of nitrogens with zero attached hydrogens (tertiary/aromatic N) is 3. The molecule has 1 fully saturated rings. The molecule has 1 saturated heterocycles. The number of ether oxygens (including phenoxy) is 2. The SMILES string of the molecule is CCC(C)[C@@H]([C@@H](CC(=O)N1CCC[C@H]1[C@H](OC)C(C)C(=O)N[C@@H](c1ccccc1)C(N)c1ccccc1)OC)N(C)C(=O)[C@@H](NC(=O)C(C(C)C)N(C)C)C(C)C. The van der Waals surface area contributed by atoms with Crippen LogP contribution in [0.5, 0.6) is 0 Å². The van der Waals surface area contributed by atoms with E-state index in [1.54, 1.807) is 26.2 Å². The van der Waals surface area contributed by atoms with E-state index >= 15 is 0 Å². The van der Waals surface area contributed by atoms with Crippen molar-refractivity contribution in [1.82, 2.24) is 25.3 Å². The minimum absolute atomic E-state index is 0.0185. The van der Waals surface area contributed by atoms with Crippen molar-refractivity contribution in [3.05, 3.63) is 71.8 Å². The Kier molecular flexibility index (Phi) is 18.6. The Hall–Kier alpha value is -3.84. The zero-order valence-electron chi connectivity index (χ0n) is 36.6. The lowest BCUT2D eigenvalue weighted by atomic mass is 9.89. The predicted octanol–water partition coefficient (Wildman–Crippen LogP) is 5.19. The molecular formula is C45H72N6O6. The fourth-order valence-electron chi connectivity index (χ4n) is 8.60. The summed E-state index contributed by atoms with van der Waals surface area (Å²) >= 11 is 0. The second-order valence-electron chi connectivity index (χ2n) is 16.8. The molecule has 318 valence electrons. The zero-order valence-corrected chi connectivity index (χ0v) is 36.6. The summed E-state index contributed by atoms with van der Waals surface area (Å²) in [6.07, 6.45) is 1.02. The Morgan fingerprint density at radius 1 is 0.825 bits per heavy atom. The molecule has 2 aromatic rings. The molecule has 0 aromatic heterocycles. The average Bonchev–Trinajstić information content (AvgIpc) is 3.68. The van der Waals surface area contributed by atoms with Crippen LogP contribution < -0.4 is 16.4 Å². The molecule has 57 heavy (non-hydrogen) atoms. The van der Waals surface area contributed by atoms with Crippen LogP contribution in [0, 0.1) is 23.7 Å². The molecule has 2 aromatic carbocycles.